The summed E-state index contributed by atoms with van der Waals surface area (Å²) >= 11 is 3.65. The largest absolute Gasteiger partial charge is 0.316 e. The van der Waals surface area contributed by atoms with Gasteiger partial charge >= 0.3 is 0 Å². The van der Waals surface area contributed by atoms with Gasteiger partial charge in [-0.25, -0.2) is 4.85 Å². The van der Waals surface area contributed by atoms with Crippen LogP contribution < -0.4 is 0 Å². The fourth-order valence-corrected chi connectivity index (χ4v) is 17.3. The summed E-state index contributed by atoms with van der Waals surface area (Å²) in [5, 5.41) is 21.6. The number of nitrogens with zero attached hydrogens (tertiary/aromatic N) is 4. The van der Waals surface area contributed by atoms with Gasteiger partial charge in [-0.3, -0.25) is 0 Å². The first-order chi connectivity index (χ1) is 35.6. The van der Waals surface area contributed by atoms with Gasteiger partial charge in [-0.15, -0.1) is 22.7 Å². The second-order valence-corrected chi connectivity index (χ2v) is 23.0. The van der Waals surface area contributed by atoms with E-state index in [-0.39, 0.29) is 0 Å². The van der Waals surface area contributed by atoms with Crippen LogP contribution in [0.5, 0.6) is 0 Å². The maximum absolute atomic E-state index is 12.1. The van der Waals surface area contributed by atoms with Gasteiger partial charge in [-0.05, 0) is 109 Å². The van der Waals surface area contributed by atoms with Crippen LogP contribution in [0.1, 0.15) is 49.1 Å². The van der Waals surface area contributed by atoms with Gasteiger partial charge in [0.2, 0.25) is 5.69 Å². The van der Waals surface area contributed by atoms with E-state index in [1.165, 1.54) is 88.8 Å². The Bertz CT molecular complexity index is 4400. The highest BCUT2D eigenvalue weighted by Crippen LogP contribution is 2.61. The van der Waals surface area contributed by atoms with Crippen LogP contribution in [0.3, 0.4) is 0 Å². The molecule has 4 aliphatic carbocycles. The Kier molecular flexibility index (Phi) is 8.62. The van der Waals surface area contributed by atoms with Crippen LogP contribution in [0.4, 0.5) is 5.69 Å². The molecule has 4 aromatic heterocycles. The first-order valence-electron chi connectivity index (χ1n) is 25.5. The number of nitriles is 1. The lowest BCUT2D eigenvalue weighted by Gasteiger charge is -2.54. The average molecular weight is 957 g/mol. The van der Waals surface area contributed by atoms with E-state index >= 15 is 0 Å². The van der Waals surface area contributed by atoms with E-state index in [4.69, 9.17) is 0 Å². The summed E-state index contributed by atoms with van der Waals surface area (Å²) in [5.41, 5.74) is 11.6. The molecule has 17 rings (SSSR count). The van der Waals surface area contributed by atoms with Crippen molar-refractivity contribution < 1.29 is 0 Å². The third-order valence-electron chi connectivity index (χ3n) is 17.3. The van der Waals surface area contributed by atoms with Crippen molar-refractivity contribution in [2.75, 3.05) is 0 Å². The second kappa shape index (κ2) is 15.3. The van der Waals surface area contributed by atoms with Crippen LogP contribution >= 0.6 is 22.7 Å². The number of benzene rings is 9. The van der Waals surface area contributed by atoms with Crippen LogP contribution in [0.25, 0.3) is 122 Å². The summed E-state index contributed by atoms with van der Waals surface area (Å²) in [6, 6.07) is 66.5. The summed E-state index contributed by atoms with van der Waals surface area (Å²) < 4.78 is 9.67. The van der Waals surface area contributed by atoms with E-state index in [0.29, 0.717) is 22.7 Å². The highest BCUT2D eigenvalue weighted by Gasteiger charge is 2.48. The molecular formula is C66H44N4S2. The molecule has 0 radical (unpaired) electrons. The minimum atomic E-state index is 0.459. The Balaban J connectivity index is 1.12. The van der Waals surface area contributed by atoms with Gasteiger partial charge < -0.3 is 9.13 Å². The van der Waals surface area contributed by atoms with Crippen molar-refractivity contribution in [3.63, 3.8) is 0 Å². The number of para-hydroxylation sites is 1. The highest BCUT2D eigenvalue weighted by atomic mass is 32.1. The summed E-state index contributed by atoms with van der Waals surface area (Å²) in [6.07, 6.45) is 6.91. The molecule has 6 heteroatoms. The third kappa shape index (κ3) is 5.54. The minimum absolute atomic E-state index is 0.459. The molecule has 13 aromatic rings. The van der Waals surface area contributed by atoms with E-state index in [1.807, 2.05) is 40.9 Å². The Morgan fingerprint density at radius 1 is 0.472 bits per heavy atom. The molecule has 4 fully saturated rings. The maximum atomic E-state index is 12.1. The van der Waals surface area contributed by atoms with Gasteiger partial charge in [-0.1, -0.05) is 146 Å². The van der Waals surface area contributed by atoms with Crippen molar-refractivity contribution in [1.82, 2.24) is 9.13 Å². The van der Waals surface area contributed by atoms with Crippen molar-refractivity contribution >= 4 is 112 Å². The molecule has 340 valence electrons. The van der Waals surface area contributed by atoms with E-state index < -0.39 is 0 Å². The fraction of sp³-hybridized carbons (Fsp3) is 0.152. The molecule has 72 heavy (non-hydrogen) atoms. The minimum Gasteiger partial charge on any atom is -0.316 e. The molecule has 9 aromatic carbocycles. The molecule has 0 saturated heterocycles. The van der Waals surface area contributed by atoms with Crippen LogP contribution in [-0.2, 0) is 0 Å². The number of aromatic nitrogens is 2. The number of rotatable bonds is 5. The molecular weight excluding hydrogens is 913 g/mol. The molecule has 0 N–H and O–H groups in total. The Morgan fingerprint density at radius 3 is 1.57 bits per heavy atom. The van der Waals surface area contributed by atoms with E-state index in [2.05, 4.69) is 178 Å². The molecule has 0 unspecified atom stereocenters. The standard InChI is InChI=1S/C66H44N4S2/c1-68-60-58(39-14-4-2-5-15-39)52(36-67)61(69-53-21-11-8-18-44(53)51-35-41(24-29-54(51)69)57-42-31-37-30-38(33-42)34-43(57)32-37)59(40-16-6-3-7-17-40)64(60)70-62-47(25-27-49-45-19-9-12-22-55(45)71-65(49)62)48-26-28-50-46-20-10-13-23-56(46)72-66(50)63(48)70/h2-29,35,37-38,42-43,57H,30-34H2. The fourth-order valence-electron chi connectivity index (χ4n) is 14.8. The predicted molar refractivity (Wildman–Crippen MR) is 303 cm³/mol. The molecule has 0 amide bonds. The van der Waals surface area contributed by atoms with Crippen molar-refractivity contribution in [1.29, 1.82) is 5.26 Å². The monoisotopic (exact) mass is 956 g/mol. The molecule has 0 spiro atoms. The molecule has 0 atom stereocenters. The van der Waals surface area contributed by atoms with Crippen molar-refractivity contribution in [3.05, 3.63) is 198 Å². The van der Waals surface area contributed by atoms with Crippen LogP contribution in [-0.4, -0.2) is 9.13 Å². The van der Waals surface area contributed by atoms with Crippen LogP contribution in [0.15, 0.2) is 176 Å². The van der Waals surface area contributed by atoms with E-state index in [0.717, 1.165) is 84.6 Å². The summed E-state index contributed by atoms with van der Waals surface area (Å²) in [4.78, 5) is 4.68. The number of fused-ring (bicyclic) bond motifs is 14. The maximum Gasteiger partial charge on any atom is 0.220 e. The third-order valence-corrected chi connectivity index (χ3v) is 19.7. The van der Waals surface area contributed by atoms with Gasteiger partial charge in [0.1, 0.15) is 6.07 Å². The average Bonchev–Trinajstić information content (AvgIpc) is 4.18. The summed E-state index contributed by atoms with van der Waals surface area (Å²) in [6.45, 7) is 9.52. The zero-order chi connectivity index (χ0) is 47.3. The van der Waals surface area contributed by atoms with E-state index in [1.54, 1.807) is 0 Å². The van der Waals surface area contributed by atoms with Gasteiger partial charge in [0.05, 0.1) is 55.0 Å². The summed E-state index contributed by atoms with van der Waals surface area (Å²) in [7, 11) is 0. The number of hydrogen-bond acceptors (Lipinski definition) is 3. The van der Waals surface area contributed by atoms with Crippen molar-refractivity contribution in [3.8, 4) is 39.7 Å². The zero-order valence-electron chi connectivity index (χ0n) is 39.3. The number of hydrogen-bond donors (Lipinski definition) is 0. The lowest BCUT2D eigenvalue weighted by Crippen LogP contribution is -2.43. The first kappa shape index (κ1) is 40.7. The number of thiophene rings is 2. The molecule has 4 saturated carbocycles. The summed E-state index contributed by atoms with van der Waals surface area (Å²) in [5.74, 6) is 3.90. The molecule has 4 nitrogen and oxygen atoms in total. The Hall–Kier alpha value is -8.00. The van der Waals surface area contributed by atoms with Gasteiger partial charge in [0.15, 0.2) is 0 Å². The lowest BCUT2D eigenvalue weighted by atomic mass is 9.51. The highest BCUT2D eigenvalue weighted by molar-refractivity contribution is 7.27. The lowest BCUT2D eigenvalue weighted by molar-refractivity contribution is -0.00273. The molecule has 4 heterocycles. The first-order valence-corrected chi connectivity index (χ1v) is 27.1. The molecule has 4 aliphatic rings. The smallest absolute Gasteiger partial charge is 0.220 e. The Labute approximate surface area is 424 Å². The van der Waals surface area contributed by atoms with Crippen LogP contribution in [0, 0.1) is 41.6 Å². The molecule has 4 bridgehead atoms. The van der Waals surface area contributed by atoms with Crippen molar-refractivity contribution in [2.24, 2.45) is 23.7 Å². The van der Waals surface area contributed by atoms with Crippen LogP contribution in [0.2, 0.25) is 0 Å². The predicted octanol–water partition coefficient (Wildman–Crippen LogP) is 18.9. The quantitative estimate of drug-likeness (QED) is 0.158. The zero-order valence-corrected chi connectivity index (χ0v) is 40.9. The SMILES string of the molecule is [C-]#[N+]c1c(-c2ccccc2)c(C#N)c(-n2c3ccccc3c3cc(C4C5CC6CC(C5)CC4C6)ccc32)c(-c2ccccc2)c1-n1c2c(ccc3c4ccccc4sc32)c2ccc3c4ccccc4sc3c21. The van der Waals surface area contributed by atoms with E-state index in [9.17, 15) is 11.8 Å². The van der Waals surface area contributed by atoms with Gasteiger partial charge in [0.25, 0.3) is 0 Å². The van der Waals surface area contributed by atoms with Gasteiger partial charge in [-0.2, -0.15) is 5.26 Å². The topological polar surface area (TPSA) is 38.0 Å². The Morgan fingerprint density at radius 2 is 0.986 bits per heavy atom. The normalized spacial score (nSPS) is 19.5. The second-order valence-electron chi connectivity index (χ2n) is 20.9. The van der Waals surface area contributed by atoms with Gasteiger partial charge in [0, 0.05) is 63.6 Å². The van der Waals surface area contributed by atoms with Crippen molar-refractivity contribution in [2.45, 2.75) is 38.0 Å². The molecule has 0 aliphatic heterocycles.